The smallest absolute Gasteiger partial charge is 0.183 e. The fourth-order valence-corrected chi connectivity index (χ4v) is 2.71. The van der Waals surface area contributed by atoms with Crippen molar-refractivity contribution < 1.29 is 14.3 Å². The summed E-state index contributed by atoms with van der Waals surface area (Å²) in [6, 6.07) is 6.54. The van der Waals surface area contributed by atoms with Crippen LogP contribution in [-0.4, -0.2) is 23.0 Å². The molecule has 0 saturated carbocycles. The van der Waals surface area contributed by atoms with Gasteiger partial charge in [-0.05, 0) is 35.8 Å². The fraction of sp³-hybridized carbons (Fsp3) is 0.154. The van der Waals surface area contributed by atoms with Gasteiger partial charge in [0.1, 0.15) is 15.6 Å². The van der Waals surface area contributed by atoms with Gasteiger partial charge in [0.15, 0.2) is 16.7 Å². The SMILES string of the molecule is COc1ccc(C(=O)CC(=O)c2snc(Cl)c2Cl)cc1. The maximum Gasteiger partial charge on any atom is 0.183 e. The first-order chi connectivity index (χ1) is 9.52. The molecule has 0 amide bonds. The average Bonchev–Trinajstić information content (AvgIpc) is 2.79. The van der Waals surface area contributed by atoms with Crippen molar-refractivity contribution in [2.45, 2.75) is 6.42 Å². The number of nitrogens with zero attached hydrogens (tertiary/aromatic N) is 1. The van der Waals surface area contributed by atoms with Gasteiger partial charge in [-0.3, -0.25) is 9.59 Å². The highest BCUT2D eigenvalue weighted by Crippen LogP contribution is 2.29. The van der Waals surface area contributed by atoms with Crippen LogP contribution in [0, 0.1) is 0 Å². The lowest BCUT2D eigenvalue weighted by Gasteiger charge is -2.02. The van der Waals surface area contributed by atoms with Crippen molar-refractivity contribution >= 4 is 46.3 Å². The van der Waals surface area contributed by atoms with E-state index in [9.17, 15) is 9.59 Å². The van der Waals surface area contributed by atoms with Crippen molar-refractivity contribution in [3.63, 3.8) is 0 Å². The van der Waals surface area contributed by atoms with Gasteiger partial charge in [0.25, 0.3) is 0 Å². The largest absolute Gasteiger partial charge is 0.497 e. The normalized spacial score (nSPS) is 10.3. The second-order valence-electron chi connectivity index (χ2n) is 3.87. The van der Waals surface area contributed by atoms with Crippen LogP contribution in [0.3, 0.4) is 0 Å². The van der Waals surface area contributed by atoms with E-state index in [-0.39, 0.29) is 33.0 Å². The molecule has 104 valence electrons. The number of ketones is 2. The van der Waals surface area contributed by atoms with Crippen LogP contribution in [0.1, 0.15) is 26.5 Å². The number of ether oxygens (including phenoxy) is 1. The van der Waals surface area contributed by atoms with E-state index in [0.29, 0.717) is 11.3 Å². The lowest BCUT2D eigenvalue weighted by Crippen LogP contribution is -2.07. The van der Waals surface area contributed by atoms with Crippen LogP contribution < -0.4 is 4.74 Å². The van der Waals surface area contributed by atoms with Gasteiger partial charge in [-0.1, -0.05) is 23.2 Å². The molecule has 20 heavy (non-hydrogen) atoms. The van der Waals surface area contributed by atoms with E-state index in [1.807, 2.05) is 0 Å². The molecule has 7 heteroatoms. The minimum Gasteiger partial charge on any atom is -0.497 e. The number of hydrogen-bond acceptors (Lipinski definition) is 5. The fourth-order valence-electron chi connectivity index (χ4n) is 1.54. The first kappa shape index (κ1) is 15.0. The number of halogens is 2. The second-order valence-corrected chi connectivity index (χ2v) is 5.38. The minimum absolute atomic E-state index is 0.0805. The zero-order chi connectivity index (χ0) is 14.7. The molecule has 1 aromatic heterocycles. The molecule has 0 aliphatic rings. The van der Waals surface area contributed by atoms with Gasteiger partial charge in [0.2, 0.25) is 0 Å². The number of carbonyl (C=O) groups excluding carboxylic acids is 2. The Balaban J connectivity index is 2.11. The van der Waals surface area contributed by atoms with E-state index in [2.05, 4.69) is 4.37 Å². The zero-order valence-electron chi connectivity index (χ0n) is 10.4. The lowest BCUT2D eigenvalue weighted by molar-refractivity contribution is 0.0896. The molecular formula is C13H9Cl2NO3S. The van der Waals surface area contributed by atoms with Gasteiger partial charge < -0.3 is 4.74 Å². The lowest BCUT2D eigenvalue weighted by atomic mass is 10.1. The number of Topliss-reactive ketones (excluding diaryl/α,β-unsaturated/α-hetero) is 2. The Morgan fingerprint density at radius 3 is 2.35 bits per heavy atom. The number of carbonyl (C=O) groups is 2. The third-order valence-corrected chi connectivity index (χ3v) is 4.42. The maximum atomic E-state index is 12.0. The number of hydrogen-bond donors (Lipinski definition) is 0. The molecule has 0 aliphatic heterocycles. The van der Waals surface area contributed by atoms with Crippen molar-refractivity contribution in [1.29, 1.82) is 0 Å². The Morgan fingerprint density at radius 2 is 1.85 bits per heavy atom. The highest BCUT2D eigenvalue weighted by Gasteiger charge is 2.20. The van der Waals surface area contributed by atoms with Gasteiger partial charge >= 0.3 is 0 Å². The van der Waals surface area contributed by atoms with Gasteiger partial charge in [0.05, 0.1) is 13.5 Å². The summed E-state index contributed by atoms with van der Waals surface area (Å²) in [6.45, 7) is 0. The second kappa shape index (κ2) is 6.35. The van der Waals surface area contributed by atoms with E-state index in [1.54, 1.807) is 24.3 Å². The summed E-state index contributed by atoms with van der Waals surface area (Å²) < 4.78 is 8.77. The Hall–Kier alpha value is -1.43. The van der Waals surface area contributed by atoms with E-state index >= 15 is 0 Å². The number of aromatic nitrogens is 1. The average molecular weight is 330 g/mol. The topological polar surface area (TPSA) is 56.3 Å². The number of benzene rings is 1. The van der Waals surface area contributed by atoms with E-state index in [1.165, 1.54) is 7.11 Å². The third kappa shape index (κ3) is 3.17. The van der Waals surface area contributed by atoms with Crippen LogP contribution in [0.15, 0.2) is 24.3 Å². The van der Waals surface area contributed by atoms with Crippen LogP contribution in [0.4, 0.5) is 0 Å². The van der Waals surface area contributed by atoms with Crippen molar-refractivity contribution in [2.24, 2.45) is 0 Å². The van der Waals surface area contributed by atoms with E-state index in [0.717, 1.165) is 11.5 Å². The summed E-state index contributed by atoms with van der Waals surface area (Å²) in [5.74, 6) is -0.0383. The monoisotopic (exact) mass is 329 g/mol. The minimum atomic E-state index is -0.389. The first-order valence-electron chi connectivity index (χ1n) is 5.54. The molecule has 1 heterocycles. The van der Waals surface area contributed by atoms with Gasteiger partial charge in [0, 0.05) is 5.56 Å². The molecule has 0 radical (unpaired) electrons. The Kier molecular flexibility index (Phi) is 4.75. The van der Waals surface area contributed by atoms with Crippen LogP contribution in [0.2, 0.25) is 10.2 Å². The van der Waals surface area contributed by atoms with Gasteiger partial charge in [-0.2, -0.15) is 4.37 Å². The molecule has 0 bridgehead atoms. The summed E-state index contributed by atoms with van der Waals surface area (Å²) >= 11 is 12.4. The molecule has 0 aliphatic carbocycles. The summed E-state index contributed by atoms with van der Waals surface area (Å²) in [4.78, 5) is 24.2. The zero-order valence-corrected chi connectivity index (χ0v) is 12.7. The van der Waals surface area contributed by atoms with Crippen LogP contribution in [0.5, 0.6) is 5.75 Å². The molecule has 4 nitrogen and oxygen atoms in total. The highest BCUT2D eigenvalue weighted by atomic mass is 35.5. The molecule has 2 rings (SSSR count). The molecule has 0 fully saturated rings. The van der Waals surface area contributed by atoms with Crippen LogP contribution in [0.25, 0.3) is 0 Å². The highest BCUT2D eigenvalue weighted by molar-refractivity contribution is 7.09. The van der Waals surface area contributed by atoms with Gasteiger partial charge in [-0.15, -0.1) is 0 Å². The predicted molar refractivity (Wildman–Crippen MR) is 78.4 cm³/mol. The molecule has 2 aromatic rings. The molecular weight excluding hydrogens is 321 g/mol. The number of methoxy groups -OCH3 is 1. The summed E-state index contributed by atoms with van der Waals surface area (Å²) in [6.07, 6.45) is -0.273. The molecule has 0 atom stereocenters. The molecule has 0 saturated heterocycles. The summed E-state index contributed by atoms with van der Waals surface area (Å²) in [5.41, 5.74) is 0.436. The molecule has 0 spiro atoms. The number of rotatable bonds is 5. The van der Waals surface area contributed by atoms with Crippen molar-refractivity contribution in [3.05, 3.63) is 44.9 Å². The van der Waals surface area contributed by atoms with Crippen molar-refractivity contribution in [1.82, 2.24) is 4.37 Å². The van der Waals surface area contributed by atoms with Crippen LogP contribution >= 0.6 is 34.7 Å². The maximum absolute atomic E-state index is 12.0. The summed E-state index contributed by atoms with van der Waals surface area (Å²) in [5, 5.41) is 0.182. The molecule has 0 N–H and O–H groups in total. The van der Waals surface area contributed by atoms with Gasteiger partial charge in [-0.25, -0.2) is 0 Å². The van der Waals surface area contributed by atoms with Crippen molar-refractivity contribution in [3.8, 4) is 5.75 Å². The first-order valence-corrected chi connectivity index (χ1v) is 7.07. The Morgan fingerprint density at radius 1 is 1.20 bits per heavy atom. The standard InChI is InChI=1S/C13H9Cl2NO3S/c1-19-8-4-2-7(3-5-8)9(17)6-10(18)12-11(14)13(15)16-20-12/h2-5H,6H2,1H3. The summed E-state index contributed by atoms with van der Waals surface area (Å²) in [7, 11) is 1.54. The van der Waals surface area contributed by atoms with Crippen molar-refractivity contribution in [2.75, 3.05) is 7.11 Å². The molecule has 1 aromatic carbocycles. The molecule has 0 unspecified atom stereocenters. The Labute approximate surface area is 129 Å². The van der Waals surface area contributed by atoms with Crippen LogP contribution in [-0.2, 0) is 0 Å². The van der Waals surface area contributed by atoms with E-state index < -0.39 is 0 Å². The van der Waals surface area contributed by atoms with E-state index in [4.69, 9.17) is 27.9 Å². The Bertz CT molecular complexity index is 652. The quantitative estimate of drug-likeness (QED) is 0.616. The predicted octanol–water partition coefficient (Wildman–Crippen LogP) is 3.91. The third-order valence-electron chi connectivity index (χ3n) is 2.58.